The molecule has 0 bridgehead atoms. The summed E-state index contributed by atoms with van der Waals surface area (Å²) in [5.41, 5.74) is 0.330. The molecule has 104 valence electrons. The first-order chi connectivity index (χ1) is 8.86. The normalized spacial score (nSPS) is 11.5. The lowest BCUT2D eigenvalue weighted by atomic mass is 10.2. The van der Waals surface area contributed by atoms with Crippen LogP contribution in [0.1, 0.15) is 12.0 Å². The lowest BCUT2D eigenvalue weighted by molar-refractivity contribution is 0.400. The van der Waals surface area contributed by atoms with Crippen LogP contribution in [-0.4, -0.2) is 40.5 Å². The Bertz CT molecular complexity index is 579. The van der Waals surface area contributed by atoms with Gasteiger partial charge in [0.25, 0.3) is 0 Å². The number of halogens is 1. The highest BCUT2D eigenvalue weighted by molar-refractivity contribution is 7.89. The molecule has 7 heteroatoms. The van der Waals surface area contributed by atoms with Crippen LogP contribution < -0.4 is 4.72 Å². The first kappa shape index (κ1) is 15.9. The van der Waals surface area contributed by atoms with E-state index in [0.29, 0.717) is 18.5 Å². The third-order valence-electron chi connectivity index (χ3n) is 2.42. The van der Waals surface area contributed by atoms with Crippen molar-refractivity contribution in [3.63, 3.8) is 0 Å². The van der Waals surface area contributed by atoms with E-state index in [9.17, 15) is 8.42 Å². The van der Waals surface area contributed by atoms with E-state index in [4.69, 9.17) is 16.9 Å². The van der Waals surface area contributed by atoms with Crippen LogP contribution in [0.15, 0.2) is 23.1 Å². The van der Waals surface area contributed by atoms with Crippen LogP contribution >= 0.6 is 11.6 Å². The van der Waals surface area contributed by atoms with E-state index < -0.39 is 10.0 Å². The lowest BCUT2D eigenvalue weighted by Crippen LogP contribution is -2.27. The zero-order valence-corrected chi connectivity index (χ0v) is 12.4. The van der Waals surface area contributed by atoms with Crippen LogP contribution in [0.3, 0.4) is 0 Å². The molecule has 0 aliphatic heterocycles. The number of nitriles is 1. The standard InChI is InChI=1S/C12H16ClN3O2S/c1-16(2)7-3-6-15-19(17,18)12-5-4-10(9-14)8-11(12)13/h4-5,8,15H,3,6-7H2,1-2H3. The monoisotopic (exact) mass is 301 g/mol. The highest BCUT2D eigenvalue weighted by Crippen LogP contribution is 2.22. The summed E-state index contributed by atoms with van der Waals surface area (Å²) in [5, 5.41) is 8.76. The molecule has 0 heterocycles. The van der Waals surface area contributed by atoms with Crippen molar-refractivity contribution in [1.29, 1.82) is 5.26 Å². The number of sulfonamides is 1. The highest BCUT2D eigenvalue weighted by atomic mass is 35.5. The first-order valence-electron chi connectivity index (χ1n) is 5.71. The maximum Gasteiger partial charge on any atom is 0.242 e. The molecule has 1 aromatic rings. The average Bonchev–Trinajstić information content (AvgIpc) is 2.34. The van der Waals surface area contributed by atoms with Crippen molar-refractivity contribution in [2.45, 2.75) is 11.3 Å². The van der Waals surface area contributed by atoms with Gasteiger partial charge < -0.3 is 4.90 Å². The molecule has 1 N–H and O–H groups in total. The molecule has 0 unspecified atom stereocenters. The van der Waals surface area contributed by atoms with Gasteiger partial charge in [0, 0.05) is 6.54 Å². The molecule has 0 saturated carbocycles. The van der Waals surface area contributed by atoms with Crippen molar-refractivity contribution in [3.05, 3.63) is 28.8 Å². The van der Waals surface area contributed by atoms with E-state index in [1.807, 2.05) is 25.1 Å². The number of nitrogens with one attached hydrogen (secondary N) is 1. The summed E-state index contributed by atoms with van der Waals surface area (Å²) >= 11 is 5.88. The van der Waals surface area contributed by atoms with Gasteiger partial charge in [-0.3, -0.25) is 0 Å². The summed E-state index contributed by atoms with van der Waals surface area (Å²) in [6, 6.07) is 6.02. The predicted octanol–water partition coefficient (Wildman–Crippen LogP) is 1.44. The molecule has 0 radical (unpaired) electrons. The van der Waals surface area contributed by atoms with Crippen LogP contribution in [0.4, 0.5) is 0 Å². The lowest BCUT2D eigenvalue weighted by Gasteiger charge is -2.11. The van der Waals surface area contributed by atoms with E-state index in [1.54, 1.807) is 0 Å². The van der Waals surface area contributed by atoms with Gasteiger partial charge in [-0.1, -0.05) is 11.6 Å². The number of benzene rings is 1. The summed E-state index contributed by atoms with van der Waals surface area (Å²) in [6.45, 7) is 1.14. The minimum atomic E-state index is -3.62. The second kappa shape index (κ2) is 6.87. The SMILES string of the molecule is CN(C)CCCNS(=O)(=O)c1ccc(C#N)cc1Cl. The molecular weight excluding hydrogens is 286 g/mol. The molecule has 0 amide bonds. The molecule has 5 nitrogen and oxygen atoms in total. The van der Waals surface area contributed by atoms with Gasteiger partial charge in [0.05, 0.1) is 16.7 Å². The summed E-state index contributed by atoms with van der Waals surface area (Å²) in [4.78, 5) is 1.97. The Hall–Kier alpha value is -1.13. The van der Waals surface area contributed by atoms with Crippen molar-refractivity contribution in [2.24, 2.45) is 0 Å². The van der Waals surface area contributed by atoms with Crippen LogP contribution in [0, 0.1) is 11.3 Å². The first-order valence-corrected chi connectivity index (χ1v) is 7.57. The van der Waals surface area contributed by atoms with E-state index in [-0.39, 0.29) is 9.92 Å². The molecule has 0 aliphatic rings. The van der Waals surface area contributed by atoms with Crippen molar-refractivity contribution in [2.75, 3.05) is 27.2 Å². The Labute approximate surface area is 118 Å². The Morgan fingerprint density at radius 2 is 2.11 bits per heavy atom. The van der Waals surface area contributed by atoms with E-state index in [1.165, 1.54) is 18.2 Å². The highest BCUT2D eigenvalue weighted by Gasteiger charge is 2.17. The van der Waals surface area contributed by atoms with Crippen molar-refractivity contribution < 1.29 is 8.42 Å². The van der Waals surface area contributed by atoms with Crippen molar-refractivity contribution in [1.82, 2.24) is 9.62 Å². The zero-order chi connectivity index (χ0) is 14.5. The Balaban J connectivity index is 2.75. The fraction of sp³-hybridized carbons (Fsp3) is 0.417. The smallest absolute Gasteiger partial charge is 0.242 e. The molecule has 0 saturated heterocycles. The maximum atomic E-state index is 12.0. The van der Waals surface area contributed by atoms with Crippen LogP contribution in [0.2, 0.25) is 5.02 Å². The van der Waals surface area contributed by atoms with Crippen LogP contribution in [-0.2, 0) is 10.0 Å². The number of rotatable bonds is 6. The van der Waals surface area contributed by atoms with Gasteiger partial charge in [0.15, 0.2) is 0 Å². The molecule has 19 heavy (non-hydrogen) atoms. The van der Waals surface area contributed by atoms with Gasteiger partial charge in [0.2, 0.25) is 10.0 Å². The quantitative estimate of drug-likeness (QED) is 0.807. The van der Waals surface area contributed by atoms with Crippen molar-refractivity contribution >= 4 is 21.6 Å². The minimum absolute atomic E-state index is 0.00183. The Kier molecular flexibility index (Phi) is 5.76. The van der Waals surface area contributed by atoms with Gasteiger partial charge in [0.1, 0.15) is 4.90 Å². The fourth-order valence-electron chi connectivity index (χ4n) is 1.47. The molecule has 0 aromatic heterocycles. The average molecular weight is 302 g/mol. The summed E-state index contributed by atoms with van der Waals surface area (Å²) in [6.07, 6.45) is 0.708. The number of hydrogen-bond acceptors (Lipinski definition) is 4. The molecule has 0 spiro atoms. The molecule has 0 fully saturated rings. The van der Waals surface area contributed by atoms with Gasteiger partial charge >= 0.3 is 0 Å². The predicted molar refractivity (Wildman–Crippen MR) is 74.5 cm³/mol. The summed E-state index contributed by atoms with van der Waals surface area (Å²) in [5.74, 6) is 0. The second-order valence-corrected chi connectivity index (χ2v) is 6.45. The van der Waals surface area contributed by atoms with Gasteiger partial charge in [-0.15, -0.1) is 0 Å². The zero-order valence-electron chi connectivity index (χ0n) is 10.9. The molecular formula is C12H16ClN3O2S. The second-order valence-electron chi connectivity index (χ2n) is 4.31. The number of hydrogen-bond donors (Lipinski definition) is 1. The largest absolute Gasteiger partial charge is 0.309 e. The summed E-state index contributed by atoms with van der Waals surface area (Å²) < 4.78 is 26.5. The third kappa shape index (κ3) is 4.80. The van der Waals surface area contributed by atoms with Crippen LogP contribution in [0.5, 0.6) is 0 Å². The molecule has 0 atom stereocenters. The minimum Gasteiger partial charge on any atom is -0.309 e. The fourth-order valence-corrected chi connectivity index (χ4v) is 3.08. The van der Waals surface area contributed by atoms with Crippen molar-refractivity contribution in [3.8, 4) is 6.07 Å². The van der Waals surface area contributed by atoms with E-state index >= 15 is 0 Å². The Morgan fingerprint density at radius 3 is 2.63 bits per heavy atom. The van der Waals surface area contributed by atoms with Crippen LogP contribution in [0.25, 0.3) is 0 Å². The van der Waals surface area contributed by atoms with Gasteiger partial charge in [-0.25, -0.2) is 13.1 Å². The third-order valence-corrected chi connectivity index (χ3v) is 4.37. The molecule has 1 aromatic carbocycles. The van der Waals surface area contributed by atoms with Gasteiger partial charge in [-0.2, -0.15) is 5.26 Å². The summed E-state index contributed by atoms with van der Waals surface area (Å²) in [7, 11) is 0.221. The molecule has 1 rings (SSSR count). The topological polar surface area (TPSA) is 73.2 Å². The van der Waals surface area contributed by atoms with E-state index in [0.717, 1.165) is 6.54 Å². The van der Waals surface area contributed by atoms with E-state index in [2.05, 4.69) is 4.72 Å². The maximum absolute atomic E-state index is 12.0. The molecule has 0 aliphatic carbocycles. The number of nitrogens with zero attached hydrogens (tertiary/aromatic N) is 2. The Morgan fingerprint density at radius 1 is 1.42 bits per heavy atom. The van der Waals surface area contributed by atoms with Gasteiger partial charge in [-0.05, 0) is 45.3 Å².